The molecule has 1 fully saturated rings. The Balaban J connectivity index is 1.44. The Morgan fingerprint density at radius 1 is 1.14 bits per heavy atom. The fourth-order valence-corrected chi connectivity index (χ4v) is 5.34. The van der Waals surface area contributed by atoms with E-state index in [0.717, 1.165) is 12.8 Å². The summed E-state index contributed by atoms with van der Waals surface area (Å²) in [7, 11) is 0. The SMILES string of the molecule is O=C1c2c(c3n(c(=O)c2O)C(C2CC2)N(c2cccnc2)C3=O)CCN1Cc1ccc(F)c(Cl)c1. The number of pyridine rings is 2. The Hall–Kier alpha value is -3.72. The van der Waals surface area contributed by atoms with Crippen molar-refractivity contribution in [3.8, 4) is 5.75 Å². The van der Waals surface area contributed by atoms with Crippen LogP contribution in [0.4, 0.5) is 10.1 Å². The summed E-state index contributed by atoms with van der Waals surface area (Å²) in [6.45, 7) is 0.385. The second kappa shape index (κ2) is 7.91. The van der Waals surface area contributed by atoms with Gasteiger partial charge in [0.2, 0.25) is 0 Å². The Morgan fingerprint density at radius 3 is 2.63 bits per heavy atom. The molecule has 2 amide bonds. The third-order valence-corrected chi connectivity index (χ3v) is 7.18. The summed E-state index contributed by atoms with van der Waals surface area (Å²) in [5, 5.41) is 10.9. The van der Waals surface area contributed by atoms with Gasteiger partial charge in [-0.05, 0) is 55.0 Å². The highest BCUT2D eigenvalue weighted by atomic mass is 35.5. The Bertz CT molecular complexity index is 1450. The van der Waals surface area contributed by atoms with E-state index in [1.807, 2.05) is 0 Å². The summed E-state index contributed by atoms with van der Waals surface area (Å²) in [5.74, 6) is -2.07. The fourth-order valence-electron chi connectivity index (χ4n) is 5.14. The molecule has 2 aromatic heterocycles. The molecule has 0 bridgehead atoms. The summed E-state index contributed by atoms with van der Waals surface area (Å²) < 4.78 is 14.9. The maximum atomic E-state index is 13.7. The van der Waals surface area contributed by atoms with Gasteiger partial charge in [-0.2, -0.15) is 0 Å². The molecule has 3 aromatic rings. The van der Waals surface area contributed by atoms with E-state index in [1.54, 1.807) is 29.4 Å². The van der Waals surface area contributed by atoms with Crippen LogP contribution >= 0.6 is 11.6 Å². The van der Waals surface area contributed by atoms with Crippen LogP contribution in [0.3, 0.4) is 0 Å². The molecule has 3 aliphatic rings. The van der Waals surface area contributed by atoms with Crippen molar-refractivity contribution in [2.24, 2.45) is 5.92 Å². The van der Waals surface area contributed by atoms with Crippen LogP contribution in [0.5, 0.6) is 5.75 Å². The van der Waals surface area contributed by atoms with Crippen molar-refractivity contribution in [1.29, 1.82) is 0 Å². The predicted octanol–water partition coefficient (Wildman–Crippen LogP) is 3.51. The highest BCUT2D eigenvalue weighted by Gasteiger charge is 2.50. The molecule has 1 saturated carbocycles. The largest absolute Gasteiger partial charge is 0.502 e. The first-order chi connectivity index (χ1) is 16.9. The molecule has 1 aromatic carbocycles. The van der Waals surface area contributed by atoms with Gasteiger partial charge in [0, 0.05) is 24.8 Å². The van der Waals surface area contributed by atoms with E-state index in [4.69, 9.17) is 11.6 Å². The average molecular weight is 495 g/mol. The number of carbonyl (C=O) groups is 2. The Labute approximate surface area is 204 Å². The third-order valence-electron chi connectivity index (χ3n) is 6.90. The monoisotopic (exact) mass is 494 g/mol. The number of benzene rings is 1. The number of aromatic nitrogens is 2. The van der Waals surface area contributed by atoms with Crippen LogP contribution in [-0.4, -0.2) is 37.9 Å². The molecule has 6 rings (SSSR count). The van der Waals surface area contributed by atoms with Crippen molar-refractivity contribution < 1.29 is 19.1 Å². The van der Waals surface area contributed by atoms with Crippen molar-refractivity contribution in [3.05, 3.63) is 86.3 Å². The molecule has 0 radical (unpaired) electrons. The quantitative estimate of drug-likeness (QED) is 0.599. The van der Waals surface area contributed by atoms with Crippen molar-refractivity contribution in [2.75, 3.05) is 11.4 Å². The summed E-state index contributed by atoms with van der Waals surface area (Å²) in [4.78, 5) is 47.6. The lowest BCUT2D eigenvalue weighted by Crippen LogP contribution is -2.40. The van der Waals surface area contributed by atoms with Gasteiger partial charge in [0.15, 0.2) is 5.75 Å². The van der Waals surface area contributed by atoms with Crippen LogP contribution in [0.2, 0.25) is 5.02 Å². The maximum Gasteiger partial charge on any atom is 0.295 e. The Morgan fingerprint density at radius 2 is 1.94 bits per heavy atom. The molecule has 8 nitrogen and oxygen atoms in total. The number of nitrogens with zero attached hydrogens (tertiary/aromatic N) is 4. The average Bonchev–Trinajstić information content (AvgIpc) is 3.64. The minimum absolute atomic E-state index is 0.0570. The number of carbonyl (C=O) groups excluding carboxylic acids is 2. The van der Waals surface area contributed by atoms with E-state index >= 15 is 0 Å². The highest BCUT2D eigenvalue weighted by Crippen LogP contribution is 2.48. The molecule has 0 saturated heterocycles. The lowest BCUT2D eigenvalue weighted by Gasteiger charge is -2.30. The van der Waals surface area contributed by atoms with Crippen LogP contribution < -0.4 is 10.5 Å². The van der Waals surface area contributed by atoms with Gasteiger partial charge in [0.1, 0.15) is 17.7 Å². The maximum absolute atomic E-state index is 13.7. The molecule has 1 atom stereocenters. The molecule has 4 heterocycles. The molecule has 35 heavy (non-hydrogen) atoms. The van der Waals surface area contributed by atoms with Crippen molar-refractivity contribution in [3.63, 3.8) is 0 Å². The first-order valence-corrected chi connectivity index (χ1v) is 11.7. The topological polar surface area (TPSA) is 95.7 Å². The van der Waals surface area contributed by atoms with Crippen LogP contribution in [-0.2, 0) is 13.0 Å². The van der Waals surface area contributed by atoms with Gasteiger partial charge in [0.05, 0.1) is 22.5 Å². The number of halogens is 2. The van der Waals surface area contributed by atoms with Crippen LogP contribution in [0, 0.1) is 11.7 Å². The molecule has 1 unspecified atom stereocenters. The number of hydrogen-bond donors (Lipinski definition) is 1. The molecule has 1 N–H and O–H groups in total. The van der Waals surface area contributed by atoms with E-state index in [-0.39, 0.29) is 47.6 Å². The minimum Gasteiger partial charge on any atom is -0.502 e. The van der Waals surface area contributed by atoms with Gasteiger partial charge in [-0.15, -0.1) is 0 Å². The smallest absolute Gasteiger partial charge is 0.295 e. The number of amides is 2. The molecule has 1 aliphatic carbocycles. The second-order valence-corrected chi connectivity index (χ2v) is 9.50. The first kappa shape index (κ1) is 21.8. The van der Waals surface area contributed by atoms with Gasteiger partial charge in [-0.25, -0.2) is 4.39 Å². The second-order valence-electron chi connectivity index (χ2n) is 9.09. The minimum atomic E-state index is -0.754. The van der Waals surface area contributed by atoms with E-state index in [1.165, 1.54) is 27.7 Å². The Kier molecular flexibility index (Phi) is 4.93. The number of anilines is 1. The van der Waals surface area contributed by atoms with Gasteiger partial charge >= 0.3 is 0 Å². The summed E-state index contributed by atoms with van der Waals surface area (Å²) in [6.07, 6.45) is 4.59. The number of rotatable bonds is 4. The first-order valence-electron chi connectivity index (χ1n) is 11.3. The zero-order valence-corrected chi connectivity index (χ0v) is 19.2. The van der Waals surface area contributed by atoms with Gasteiger partial charge in [-0.3, -0.25) is 28.8 Å². The molecule has 178 valence electrons. The standard InChI is InChI=1S/C25H20ClFN4O4/c26-17-10-13(3-6-18(17)27)12-29-9-7-16-19(23(29)33)21(32)25(35)31-20(16)24(34)30(22(31)14-4-5-14)15-2-1-8-28-11-15/h1-3,6,8,10-11,14,22,32H,4-5,7,9,12H2. The van der Waals surface area contributed by atoms with Gasteiger partial charge < -0.3 is 10.0 Å². The highest BCUT2D eigenvalue weighted by molar-refractivity contribution is 6.30. The summed E-state index contributed by atoms with van der Waals surface area (Å²) in [5.41, 5.74) is 0.803. The number of aromatic hydroxyl groups is 1. The third kappa shape index (κ3) is 3.33. The zero-order chi connectivity index (χ0) is 24.4. The van der Waals surface area contributed by atoms with Gasteiger partial charge in [-0.1, -0.05) is 17.7 Å². The van der Waals surface area contributed by atoms with E-state index in [2.05, 4.69) is 4.98 Å². The molecular weight excluding hydrogens is 475 g/mol. The van der Waals surface area contributed by atoms with Crippen molar-refractivity contribution >= 4 is 29.1 Å². The number of fused-ring (bicyclic) bond motifs is 3. The van der Waals surface area contributed by atoms with E-state index in [0.29, 0.717) is 16.8 Å². The molecular formula is C25H20ClFN4O4. The lowest BCUT2D eigenvalue weighted by atomic mass is 9.95. The normalized spacial score (nSPS) is 19.2. The zero-order valence-electron chi connectivity index (χ0n) is 18.4. The van der Waals surface area contributed by atoms with Gasteiger partial charge in [0.25, 0.3) is 17.4 Å². The van der Waals surface area contributed by atoms with Crippen molar-refractivity contribution in [1.82, 2.24) is 14.5 Å². The molecule has 10 heteroatoms. The van der Waals surface area contributed by atoms with Crippen LogP contribution in [0.25, 0.3) is 0 Å². The fraction of sp³-hybridized carbons (Fsp3) is 0.280. The lowest BCUT2D eigenvalue weighted by molar-refractivity contribution is 0.0722. The summed E-state index contributed by atoms with van der Waals surface area (Å²) >= 11 is 5.87. The van der Waals surface area contributed by atoms with Crippen LogP contribution in [0.1, 0.15) is 51.0 Å². The van der Waals surface area contributed by atoms with Crippen molar-refractivity contribution in [2.45, 2.75) is 32.0 Å². The molecule has 0 spiro atoms. The molecule has 2 aliphatic heterocycles. The summed E-state index contributed by atoms with van der Waals surface area (Å²) in [6, 6.07) is 7.66. The number of hydrogen-bond acceptors (Lipinski definition) is 5. The van der Waals surface area contributed by atoms with E-state index in [9.17, 15) is 23.9 Å². The van der Waals surface area contributed by atoms with Crippen LogP contribution in [0.15, 0.2) is 47.5 Å². The van der Waals surface area contributed by atoms with E-state index < -0.39 is 29.2 Å². The predicted molar refractivity (Wildman–Crippen MR) is 125 cm³/mol.